The summed E-state index contributed by atoms with van der Waals surface area (Å²) in [7, 11) is -3.62. The van der Waals surface area contributed by atoms with Crippen LogP contribution >= 0.6 is 0 Å². The van der Waals surface area contributed by atoms with Crippen molar-refractivity contribution in [2.45, 2.75) is 25.3 Å². The number of sulfonamides is 1. The van der Waals surface area contributed by atoms with Gasteiger partial charge >= 0.3 is 0 Å². The molecule has 0 fully saturated rings. The number of tetrazole rings is 1. The molecule has 1 heterocycles. The summed E-state index contributed by atoms with van der Waals surface area (Å²) in [5, 5.41) is 11.5. The van der Waals surface area contributed by atoms with Crippen LogP contribution < -0.4 is 4.72 Å². The fourth-order valence-electron chi connectivity index (χ4n) is 2.16. The maximum atomic E-state index is 12.3. The van der Waals surface area contributed by atoms with E-state index < -0.39 is 10.0 Å². The summed E-state index contributed by atoms with van der Waals surface area (Å²) in [6.07, 6.45) is 0. The van der Waals surface area contributed by atoms with E-state index in [2.05, 4.69) is 20.2 Å². The van der Waals surface area contributed by atoms with Gasteiger partial charge in [0.15, 0.2) is 5.82 Å². The van der Waals surface area contributed by atoms with Crippen LogP contribution in [0.25, 0.3) is 5.69 Å². The van der Waals surface area contributed by atoms with E-state index in [-0.39, 0.29) is 11.4 Å². The summed E-state index contributed by atoms with van der Waals surface area (Å²) in [5.74, 6) is 0.412. The maximum absolute atomic E-state index is 12.3. The second-order valence-electron chi connectivity index (χ2n) is 5.48. The van der Waals surface area contributed by atoms with Gasteiger partial charge in [-0.2, -0.15) is 4.68 Å². The van der Waals surface area contributed by atoms with Crippen molar-refractivity contribution in [1.29, 1.82) is 0 Å². The summed E-state index contributed by atoms with van der Waals surface area (Å²) in [6.45, 7) is 3.89. The fraction of sp³-hybridized carbons (Fsp3) is 0.188. The van der Waals surface area contributed by atoms with Crippen LogP contribution in [0.1, 0.15) is 17.0 Å². The molecule has 1 N–H and O–H groups in total. The molecule has 0 amide bonds. The lowest BCUT2D eigenvalue weighted by atomic mass is 10.2. The molecule has 3 rings (SSSR count). The van der Waals surface area contributed by atoms with Gasteiger partial charge in [-0.3, -0.25) is 0 Å². The molecule has 7 nitrogen and oxygen atoms in total. The highest BCUT2D eigenvalue weighted by molar-refractivity contribution is 7.89. The van der Waals surface area contributed by atoms with Crippen molar-refractivity contribution in [2.24, 2.45) is 0 Å². The summed E-state index contributed by atoms with van der Waals surface area (Å²) in [5.41, 5.74) is 2.89. The van der Waals surface area contributed by atoms with Gasteiger partial charge in [0.25, 0.3) is 0 Å². The van der Waals surface area contributed by atoms with Gasteiger partial charge < -0.3 is 0 Å². The highest BCUT2D eigenvalue weighted by atomic mass is 32.2. The van der Waals surface area contributed by atoms with Gasteiger partial charge in [0.1, 0.15) is 0 Å². The minimum absolute atomic E-state index is 0.00289. The number of hydrogen-bond acceptors (Lipinski definition) is 5. The SMILES string of the molecule is Cc1ccc(-n2nnnc2CNS(=O)(=O)c2ccc(C)cc2)cc1. The predicted molar refractivity (Wildman–Crippen MR) is 89.1 cm³/mol. The third-order valence-electron chi connectivity index (χ3n) is 3.56. The third kappa shape index (κ3) is 3.50. The lowest BCUT2D eigenvalue weighted by molar-refractivity contribution is 0.578. The lowest BCUT2D eigenvalue weighted by Crippen LogP contribution is -2.25. The van der Waals surface area contributed by atoms with E-state index in [0.29, 0.717) is 5.82 Å². The Morgan fingerprint density at radius 3 is 2.17 bits per heavy atom. The number of nitrogens with one attached hydrogen (secondary N) is 1. The maximum Gasteiger partial charge on any atom is 0.240 e. The highest BCUT2D eigenvalue weighted by Gasteiger charge is 2.16. The molecule has 0 unspecified atom stereocenters. The number of benzene rings is 2. The van der Waals surface area contributed by atoms with Crippen molar-refractivity contribution in [2.75, 3.05) is 0 Å². The summed E-state index contributed by atoms with van der Waals surface area (Å²) in [4.78, 5) is 0.211. The van der Waals surface area contributed by atoms with Crippen LogP contribution in [-0.4, -0.2) is 28.6 Å². The molecule has 0 saturated carbocycles. The minimum Gasteiger partial charge on any atom is -0.207 e. The van der Waals surface area contributed by atoms with E-state index in [1.54, 1.807) is 24.3 Å². The first-order chi connectivity index (χ1) is 11.5. The molecule has 24 heavy (non-hydrogen) atoms. The van der Waals surface area contributed by atoms with E-state index in [1.165, 1.54) is 4.68 Å². The molecular formula is C16H17N5O2S. The van der Waals surface area contributed by atoms with Crippen molar-refractivity contribution in [1.82, 2.24) is 24.9 Å². The van der Waals surface area contributed by atoms with E-state index in [9.17, 15) is 8.42 Å². The van der Waals surface area contributed by atoms with E-state index in [1.807, 2.05) is 38.1 Å². The van der Waals surface area contributed by atoms with Crippen LogP contribution in [0, 0.1) is 13.8 Å². The Labute approximate surface area is 140 Å². The summed E-state index contributed by atoms with van der Waals surface area (Å²) >= 11 is 0. The standard InChI is InChI=1S/C16H17N5O2S/c1-12-3-7-14(8-4-12)21-16(18-19-20-21)11-17-24(22,23)15-9-5-13(2)6-10-15/h3-10,17H,11H2,1-2H3. The molecular weight excluding hydrogens is 326 g/mol. The number of rotatable bonds is 5. The molecule has 1 aromatic heterocycles. The highest BCUT2D eigenvalue weighted by Crippen LogP contribution is 2.12. The van der Waals surface area contributed by atoms with Gasteiger partial charge in [-0.15, -0.1) is 5.10 Å². The quantitative estimate of drug-likeness (QED) is 0.762. The Morgan fingerprint density at radius 1 is 0.958 bits per heavy atom. The Morgan fingerprint density at radius 2 is 1.54 bits per heavy atom. The van der Waals surface area contributed by atoms with Crippen LogP contribution in [0.15, 0.2) is 53.4 Å². The topological polar surface area (TPSA) is 89.8 Å². The number of nitrogens with zero attached hydrogens (tertiary/aromatic N) is 4. The van der Waals surface area contributed by atoms with Gasteiger partial charge in [-0.25, -0.2) is 13.1 Å². The average molecular weight is 343 g/mol. The van der Waals surface area contributed by atoms with Crippen LogP contribution in [0.4, 0.5) is 0 Å². The second kappa shape index (κ2) is 6.50. The molecule has 2 aromatic carbocycles. The molecule has 0 aliphatic heterocycles. The first-order valence-electron chi connectivity index (χ1n) is 7.36. The van der Waals surface area contributed by atoms with Gasteiger partial charge in [0, 0.05) is 0 Å². The van der Waals surface area contributed by atoms with Crippen LogP contribution in [-0.2, 0) is 16.6 Å². The molecule has 8 heteroatoms. The zero-order valence-electron chi connectivity index (χ0n) is 13.3. The van der Waals surface area contributed by atoms with Crippen LogP contribution in [0.2, 0.25) is 0 Å². The molecule has 124 valence electrons. The Balaban J connectivity index is 1.79. The third-order valence-corrected chi connectivity index (χ3v) is 4.98. The molecule has 0 bridgehead atoms. The Bertz CT molecular complexity index is 931. The van der Waals surface area contributed by atoms with Crippen molar-refractivity contribution >= 4 is 10.0 Å². The summed E-state index contributed by atoms with van der Waals surface area (Å²) < 4.78 is 28.7. The van der Waals surface area contributed by atoms with Crippen molar-refractivity contribution < 1.29 is 8.42 Å². The molecule has 0 atom stereocenters. The second-order valence-corrected chi connectivity index (χ2v) is 7.25. The lowest BCUT2D eigenvalue weighted by Gasteiger charge is -2.08. The van der Waals surface area contributed by atoms with Crippen LogP contribution in [0.3, 0.4) is 0 Å². The first-order valence-corrected chi connectivity index (χ1v) is 8.85. The Kier molecular flexibility index (Phi) is 4.41. The monoisotopic (exact) mass is 343 g/mol. The zero-order valence-corrected chi connectivity index (χ0v) is 14.2. The van der Waals surface area contributed by atoms with Crippen molar-refractivity contribution in [3.05, 3.63) is 65.5 Å². The first kappa shape index (κ1) is 16.3. The molecule has 0 aliphatic carbocycles. The van der Waals surface area contributed by atoms with Gasteiger partial charge in [0.05, 0.1) is 17.1 Å². The average Bonchev–Trinajstić information content (AvgIpc) is 3.03. The van der Waals surface area contributed by atoms with Crippen molar-refractivity contribution in [3.63, 3.8) is 0 Å². The van der Waals surface area contributed by atoms with E-state index >= 15 is 0 Å². The number of aryl methyl sites for hydroxylation is 2. The normalized spacial score (nSPS) is 11.6. The largest absolute Gasteiger partial charge is 0.240 e. The summed E-state index contributed by atoms with van der Waals surface area (Å²) in [6, 6.07) is 14.3. The van der Waals surface area contributed by atoms with Crippen LogP contribution in [0.5, 0.6) is 0 Å². The van der Waals surface area contributed by atoms with E-state index in [4.69, 9.17) is 0 Å². The fourth-order valence-corrected chi connectivity index (χ4v) is 3.14. The molecule has 0 aliphatic rings. The van der Waals surface area contributed by atoms with Gasteiger partial charge in [-0.1, -0.05) is 35.4 Å². The minimum atomic E-state index is -3.62. The molecule has 0 radical (unpaired) electrons. The predicted octanol–water partition coefficient (Wildman–Crippen LogP) is 1.76. The van der Waals surface area contributed by atoms with Crippen molar-refractivity contribution in [3.8, 4) is 5.69 Å². The molecule has 0 spiro atoms. The Hall–Kier alpha value is -2.58. The smallest absolute Gasteiger partial charge is 0.207 e. The molecule has 3 aromatic rings. The number of aromatic nitrogens is 4. The molecule has 0 saturated heterocycles. The zero-order chi connectivity index (χ0) is 17.2. The van der Waals surface area contributed by atoms with E-state index in [0.717, 1.165) is 16.8 Å². The van der Waals surface area contributed by atoms with Gasteiger partial charge in [0.2, 0.25) is 10.0 Å². The number of hydrogen-bond donors (Lipinski definition) is 1. The van der Waals surface area contributed by atoms with Gasteiger partial charge in [-0.05, 0) is 48.5 Å².